The van der Waals surface area contributed by atoms with Gasteiger partial charge in [0.2, 0.25) is 0 Å². The summed E-state index contributed by atoms with van der Waals surface area (Å²) in [4.78, 5) is 6.71. The van der Waals surface area contributed by atoms with E-state index >= 15 is 0 Å². The second-order valence-electron chi connectivity index (χ2n) is 6.67. The van der Waals surface area contributed by atoms with Gasteiger partial charge in [-0.15, -0.1) is 0 Å². The molecule has 0 fully saturated rings. The maximum atomic E-state index is 5.33. The third kappa shape index (κ3) is 5.47. The molecule has 0 atom stereocenters. The molecule has 3 rings (SSSR count). The van der Waals surface area contributed by atoms with Crippen LogP contribution in [0, 0.1) is 0 Å². The Morgan fingerprint density at radius 2 is 1.85 bits per heavy atom. The zero-order valence-electron chi connectivity index (χ0n) is 16.4. The molecule has 27 heavy (non-hydrogen) atoms. The number of nitrogens with zero attached hydrogens (tertiary/aromatic N) is 2. The number of guanidine groups is 1. The van der Waals surface area contributed by atoms with E-state index in [9.17, 15) is 0 Å². The van der Waals surface area contributed by atoms with Crippen molar-refractivity contribution in [2.24, 2.45) is 4.99 Å². The number of fused-ring (bicyclic) bond motifs is 1. The standard InChI is InChI=1S/C22H30N4O/c1-3-27-15-13-24-22(23-2)25-16-18-8-10-19(11-9-18)17-26-14-12-20-6-4-5-7-21(20)26/h4-11H,3,12-17H2,1-2H3,(H2,23,24,25). The van der Waals surface area contributed by atoms with Gasteiger partial charge in [0.1, 0.15) is 0 Å². The average molecular weight is 367 g/mol. The second-order valence-corrected chi connectivity index (χ2v) is 6.67. The van der Waals surface area contributed by atoms with Gasteiger partial charge in [-0.3, -0.25) is 4.99 Å². The van der Waals surface area contributed by atoms with Crippen molar-refractivity contribution < 1.29 is 4.74 Å². The highest BCUT2D eigenvalue weighted by Gasteiger charge is 2.17. The first-order chi connectivity index (χ1) is 13.3. The summed E-state index contributed by atoms with van der Waals surface area (Å²) in [6, 6.07) is 17.6. The molecule has 0 saturated carbocycles. The zero-order valence-corrected chi connectivity index (χ0v) is 16.4. The van der Waals surface area contributed by atoms with Crippen molar-refractivity contribution in [2.75, 3.05) is 38.3 Å². The Hall–Kier alpha value is -2.53. The van der Waals surface area contributed by atoms with E-state index in [0.29, 0.717) is 6.61 Å². The van der Waals surface area contributed by atoms with Crippen LogP contribution in [0.3, 0.4) is 0 Å². The Kier molecular flexibility index (Phi) is 7.11. The fourth-order valence-electron chi connectivity index (χ4n) is 3.35. The fourth-order valence-corrected chi connectivity index (χ4v) is 3.35. The Morgan fingerprint density at radius 3 is 2.63 bits per heavy atom. The van der Waals surface area contributed by atoms with Crippen molar-refractivity contribution in [2.45, 2.75) is 26.4 Å². The Labute approximate surface area is 162 Å². The van der Waals surface area contributed by atoms with E-state index in [1.54, 1.807) is 7.05 Å². The second kappa shape index (κ2) is 9.97. The highest BCUT2D eigenvalue weighted by molar-refractivity contribution is 5.79. The van der Waals surface area contributed by atoms with Crippen LogP contribution in [0.5, 0.6) is 0 Å². The summed E-state index contributed by atoms with van der Waals surface area (Å²) in [5, 5.41) is 6.59. The molecule has 0 aliphatic carbocycles. The van der Waals surface area contributed by atoms with Crippen LogP contribution in [0.25, 0.3) is 0 Å². The minimum Gasteiger partial charge on any atom is -0.380 e. The van der Waals surface area contributed by atoms with E-state index < -0.39 is 0 Å². The van der Waals surface area contributed by atoms with E-state index in [-0.39, 0.29) is 0 Å². The van der Waals surface area contributed by atoms with E-state index in [1.165, 1.54) is 22.4 Å². The van der Waals surface area contributed by atoms with Gasteiger partial charge in [0.05, 0.1) is 6.61 Å². The molecular weight excluding hydrogens is 336 g/mol. The van der Waals surface area contributed by atoms with Gasteiger partial charge < -0.3 is 20.3 Å². The smallest absolute Gasteiger partial charge is 0.191 e. The van der Waals surface area contributed by atoms with Gasteiger partial charge in [0, 0.05) is 45.5 Å². The van der Waals surface area contributed by atoms with Crippen molar-refractivity contribution in [1.82, 2.24) is 10.6 Å². The predicted molar refractivity (Wildman–Crippen MR) is 112 cm³/mol. The van der Waals surface area contributed by atoms with Gasteiger partial charge in [-0.2, -0.15) is 0 Å². The highest BCUT2D eigenvalue weighted by atomic mass is 16.5. The molecule has 0 radical (unpaired) electrons. The lowest BCUT2D eigenvalue weighted by Gasteiger charge is -2.19. The third-order valence-electron chi connectivity index (χ3n) is 4.81. The van der Waals surface area contributed by atoms with Gasteiger partial charge in [0.15, 0.2) is 5.96 Å². The van der Waals surface area contributed by atoms with Crippen molar-refractivity contribution in [3.63, 3.8) is 0 Å². The van der Waals surface area contributed by atoms with Crippen LogP contribution in [0.4, 0.5) is 5.69 Å². The molecule has 0 spiro atoms. The SMILES string of the molecule is CCOCCNC(=NC)NCc1ccc(CN2CCc3ccccc32)cc1. The van der Waals surface area contributed by atoms with Crippen LogP contribution in [-0.4, -0.2) is 39.3 Å². The van der Waals surface area contributed by atoms with Crippen LogP contribution in [0.1, 0.15) is 23.6 Å². The molecule has 0 saturated heterocycles. The molecule has 0 unspecified atom stereocenters. The lowest BCUT2D eigenvalue weighted by Crippen LogP contribution is -2.38. The van der Waals surface area contributed by atoms with Crippen LogP contribution in [0.2, 0.25) is 0 Å². The van der Waals surface area contributed by atoms with Crippen molar-refractivity contribution in [1.29, 1.82) is 0 Å². The zero-order chi connectivity index (χ0) is 18.9. The van der Waals surface area contributed by atoms with Crippen LogP contribution < -0.4 is 15.5 Å². The van der Waals surface area contributed by atoms with Crippen molar-refractivity contribution >= 4 is 11.6 Å². The Morgan fingerprint density at radius 1 is 1.07 bits per heavy atom. The molecule has 144 valence electrons. The van der Waals surface area contributed by atoms with Crippen molar-refractivity contribution in [3.05, 3.63) is 65.2 Å². The van der Waals surface area contributed by atoms with E-state index in [1.807, 2.05) is 6.92 Å². The summed E-state index contributed by atoms with van der Waals surface area (Å²) >= 11 is 0. The highest BCUT2D eigenvalue weighted by Crippen LogP contribution is 2.28. The summed E-state index contributed by atoms with van der Waals surface area (Å²) in [5.74, 6) is 0.799. The summed E-state index contributed by atoms with van der Waals surface area (Å²) in [5.41, 5.74) is 5.43. The van der Waals surface area contributed by atoms with Crippen LogP contribution in [0.15, 0.2) is 53.5 Å². The molecule has 1 aliphatic heterocycles. The van der Waals surface area contributed by atoms with Crippen LogP contribution >= 0.6 is 0 Å². The molecule has 2 aromatic carbocycles. The first-order valence-corrected chi connectivity index (χ1v) is 9.73. The number of anilines is 1. The number of para-hydroxylation sites is 1. The van der Waals surface area contributed by atoms with Gasteiger partial charge in [-0.25, -0.2) is 0 Å². The lowest BCUT2D eigenvalue weighted by atomic mass is 10.1. The number of ether oxygens (including phenoxy) is 1. The number of nitrogens with one attached hydrogen (secondary N) is 2. The predicted octanol–water partition coefficient (Wildman–Crippen LogP) is 2.95. The molecule has 5 nitrogen and oxygen atoms in total. The van der Waals surface area contributed by atoms with Gasteiger partial charge in [0.25, 0.3) is 0 Å². The number of aliphatic imine (C=N–C) groups is 1. The summed E-state index contributed by atoms with van der Waals surface area (Å²) in [6.07, 6.45) is 1.15. The Balaban J connectivity index is 1.48. The lowest BCUT2D eigenvalue weighted by molar-refractivity contribution is 0.152. The van der Waals surface area contributed by atoms with Gasteiger partial charge in [-0.1, -0.05) is 42.5 Å². The van der Waals surface area contributed by atoms with Gasteiger partial charge in [-0.05, 0) is 36.1 Å². The first-order valence-electron chi connectivity index (χ1n) is 9.73. The summed E-state index contributed by atoms with van der Waals surface area (Å²) < 4.78 is 5.33. The number of benzene rings is 2. The molecule has 2 N–H and O–H groups in total. The average Bonchev–Trinajstić information content (AvgIpc) is 3.11. The molecule has 1 heterocycles. The van der Waals surface area contributed by atoms with E-state index in [4.69, 9.17) is 4.74 Å². The normalized spacial score (nSPS) is 13.6. The topological polar surface area (TPSA) is 48.9 Å². The monoisotopic (exact) mass is 366 g/mol. The number of hydrogen-bond acceptors (Lipinski definition) is 3. The van der Waals surface area contributed by atoms with Gasteiger partial charge >= 0.3 is 0 Å². The minimum absolute atomic E-state index is 0.686. The summed E-state index contributed by atoms with van der Waals surface area (Å²) in [7, 11) is 1.78. The van der Waals surface area contributed by atoms with Crippen LogP contribution in [-0.2, 0) is 24.2 Å². The molecule has 0 aromatic heterocycles. The first kappa shape index (κ1) is 19.2. The summed E-state index contributed by atoms with van der Waals surface area (Å²) in [6.45, 7) is 7.00. The number of rotatable bonds is 8. The fraction of sp³-hybridized carbons (Fsp3) is 0.409. The Bertz CT molecular complexity index is 742. The minimum atomic E-state index is 0.686. The van der Waals surface area contributed by atoms with E-state index in [2.05, 4.69) is 69.1 Å². The quantitative estimate of drug-likeness (QED) is 0.428. The molecular formula is C22H30N4O. The third-order valence-corrected chi connectivity index (χ3v) is 4.81. The number of hydrogen-bond donors (Lipinski definition) is 2. The maximum Gasteiger partial charge on any atom is 0.191 e. The molecule has 2 aromatic rings. The maximum absolute atomic E-state index is 5.33. The molecule has 1 aliphatic rings. The molecule has 0 amide bonds. The largest absolute Gasteiger partial charge is 0.380 e. The van der Waals surface area contributed by atoms with E-state index in [0.717, 1.165) is 45.2 Å². The molecule has 0 bridgehead atoms. The molecule has 5 heteroatoms. The van der Waals surface area contributed by atoms with Crippen molar-refractivity contribution in [3.8, 4) is 0 Å².